The third-order valence-corrected chi connectivity index (χ3v) is 5.64. The molecular formula is C17H31N3O3. The standard InChI is InChI=1S/C17H31N3O3/c1-4-20(10-16(21)22)15-8-14(9-15)19-17(23)18-13-6-5-11(2)12(3)7-13/h11-15H,4-10H2,1-3H3,(H,21,22)(H2,18,19,23). The smallest absolute Gasteiger partial charge is 0.317 e. The number of rotatable bonds is 6. The summed E-state index contributed by atoms with van der Waals surface area (Å²) in [5, 5.41) is 15.0. The van der Waals surface area contributed by atoms with Crippen LogP contribution in [-0.2, 0) is 4.79 Å². The minimum Gasteiger partial charge on any atom is -0.480 e. The Labute approximate surface area is 139 Å². The van der Waals surface area contributed by atoms with E-state index in [1.807, 2.05) is 11.8 Å². The maximum atomic E-state index is 12.1. The molecule has 2 aliphatic carbocycles. The van der Waals surface area contributed by atoms with Crippen molar-refractivity contribution in [1.82, 2.24) is 15.5 Å². The predicted octanol–water partition coefficient (Wildman–Crippen LogP) is 2.05. The van der Waals surface area contributed by atoms with Gasteiger partial charge in [0.25, 0.3) is 0 Å². The molecule has 0 aromatic rings. The zero-order chi connectivity index (χ0) is 17.0. The lowest BCUT2D eigenvalue weighted by Crippen LogP contribution is -2.57. The molecule has 3 atom stereocenters. The highest BCUT2D eigenvalue weighted by Gasteiger charge is 2.35. The van der Waals surface area contributed by atoms with Gasteiger partial charge in [0.1, 0.15) is 0 Å². The molecule has 0 aliphatic heterocycles. The zero-order valence-corrected chi connectivity index (χ0v) is 14.5. The molecule has 0 aromatic heterocycles. The Morgan fingerprint density at radius 2 is 1.70 bits per heavy atom. The fourth-order valence-electron chi connectivity index (χ4n) is 3.77. The first-order valence-electron chi connectivity index (χ1n) is 8.91. The van der Waals surface area contributed by atoms with Crippen LogP contribution in [-0.4, -0.2) is 53.2 Å². The largest absolute Gasteiger partial charge is 0.480 e. The van der Waals surface area contributed by atoms with Crippen LogP contribution in [0.15, 0.2) is 0 Å². The highest BCUT2D eigenvalue weighted by molar-refractivity contribution is 5.74. The number of carbonyl (C=O) groups is 2. The van der Waals surface area contributed by atoms with E-state index in [9.17, 15) is 9.59 Å². The topological polar surface area (TPSA) is 81.7 Å². The van der Waals surface area contributed by atoms with Crippen molar-refractivity contribution in [3.63, 3.8) is 0 Å². The molecule has 2 aliphatic rings. The summed E-state index contributed by atoms with van der Waals surface area (Å²) >= 11 is 0. The number of urea groups is 1. The molecule has 2 saturated carbocycles. The van der Waals surface area contributed by atoms with Gasteiger partial charge in [-0.3, -0.25) is 9.69 Å². The van der Waals surface area contributed by atoms with Gasteiger partial charge in [0.05, 0.1) is 6.54 Å². The van der Waals surface area contributed by atoms with Crippen LogP contribution in [0.2, 0.25) is 0 Å². The molecule has 2 rings (SSSR count). The second kappa shape index (κ2) is 7.99. The maximum absolute atomic E-state index is 12.1. The lowest BCUT2D eigenvalue weighted by Gasteiger charge is -2.42. The molecule has 0 aromatic carbocycles. The van der Waals surface area contributed by atoms with Gasteiger partial charge in [-0.15, -0.1) is 0 Å². The van der Waals surface area contributed by atoms with Crippen molar-refractivity contribution >= 4 is 12.0 Å². The molecule has 0 spiro atoms. The lowest BCUT2D eigenvalue weighted by atomic mass is 9.79. The summed E-state index contributed by atoms with van der Waals surface area (Å²) < 4.78 is 0. The summed E-state index contributed by atoms with van der Waals surface area (Å²) in [6.07, 6.45) is 4.98. The number of nitrogens with one attached hydrogen (secondary N) is 2. The molecule has 3 N–H and O–H groups in total. The molecule has 132 valence electrons. The number of likely N-dealkylation sites (N-methyl/N-ethyl adjacent to an activating group) is 1. The van der Waals surface area contributed by atoms with Crippen LogP contribution >= 0.6 is 0 Å². The Morgan fingerprint density at radius 3 is 2.26 bits per heavy atom. The summed E-state index contributed by atoms with van der Waals surface area (Å²) in [5.74, 6) is 0.621. The van der Waals surface area contributed by atoms with Gasteiger partial charge in [-0.05, 0) is 50.5 Å². The summed E-state index contributed by atoms with van der Waals surface area (Å²) in [6, 6.07) is 0.664. The van der Waals surface area contributed by atoms with Gasteiger partial charge in [-0.1, -0.05) is 20.8 Å². The number of hydrogen-bond acceptors (Lipinski definition) is 3. The van der Waals surface area contributed by atoms with Gasteiger partial charge >= 0.3 is 12.0 Å². The summed E-state index contributed by atoms with van der Waals surface area (Å²) in [4.78, 5) is 24.9. The minimum atomic E-state index is -0.790. The van der Waals surface area contributed by atoms with E-state index in [0.717, 1.165) is 38.1 Å². The number of nitrogens with zero attached hydrogens (tertiary/aromatic N) is 1. The van der Waals surface area contributed by atoms with Gasteiger partial charge in [0, 0.05) is 18.1 Å². The van der Waals surface area contributed by atoms with Crippen molar-refractivity contribution in [2.45, 2.75) is 71.0 Å². The van der Waals surface area contributed by atoms with Gasteiger partial charge in [0.15, 0.2) is 0 Å². The molecular weight excluding hydrogens is 294 g/mol. The number of carboxylic acid groups (broad SMARTS) is 1. The third kappa shape index (κ3) is 5.09. The second-order valence-electron chi connectivity index (χ2n) is 7.36. The molecule has 3 unspecified atom stereocenters. The van der Waals surface area contributed by atoms with Crippen molar-refractivity contribution in [3.05, 3.63) is 0 Å². The van der Waals surface area contributed by atoms with Crippen LogP contribution in [0, 0.1) is 11.8 Å². The Kier molecular flexibility index (Phi) is 6.27. The maximum Gasteiger partial charge on any atom is 0.317 e. The van der Waals surface area contributed by atoms with Crippen molar-refractivity contribution in [3.8, 4) is 0 Å². The van der Waals surface area contributed by atoms with E-state index in [1.165, 1.54) is 6.42 Å². The van der Waals surface area contributed by atoms with Gasteiger partial charge in [0.2, 0.25) is 0 Å². The minimum absolute atomic E-state index is 0.0681. The number of hydrogen-bond donors (Lipinski definition) is 3. The second-order valence-corrected chi connectivity index (χ2v) is 7.36. The predicted molar refractivity (Wildman–Crippen MR) is 89.3 cm³/mol. The Balaban J connectivity index is 1.67. The van der Waals surface area contributed by atoms with E-state index in [2.05, 4.69) is 24.5 Å². The van der Waals surface area contributed by atoms with E-state index in [0.29, 0.717) is 5.92 Å². The average molecular weight is 325 g/mol. The van der Waals surface area contributed by atoms with Crippen molar-refractivity contribution < 1.29 is 14.7 Å². The van der Waals surface area contributed by atoms with E-state index in [1.54, 1.807) is 0 Å². The van der Waals surface area contributed by atoms with Crippen LogP contribution in [0.5, 0.6) is 0 Å². The first kappa shape index (κ1) is 18.0. The molecule has 0 saturated heterocycles. The van der Waals surface area contributed by atoms with E-state index < -0.39 is 5.97 Å². The van der Waals surface area contributed by atoms with Crippen LogP contribution in [0.3, 0.4) is 0 Å². The average Bonchev–Trinajstić information content (AvgIpc) is 2.44. The van der Waals surface area contributed by atoms with E-state index in [4.69, 9.17) is 5.11 Å². The summed E-state index contributed by atoms with van der Waals surface area (Å²) in [6.45, 7) is 7.33. The molecule has 0 heterocycles. The molecule has 23 heavy (non-hydrogen) atoms. The van der Waals surface area contributed by atoms with Crippen LogP contribution in [0.1, 0.15) is 52.9 Å². The number of amides is 2. The van der Waals surface area contributed by atoms with Crippen molar-refractivity contribution in [1.29, 1.82) is 0 Å². The lowest BCUT2D eigenvalue weighted by molar-refractivity contribution is -0.139. The molecule has 2 fully saturated rings. The monoisotopic (exact) mass is 325 g/mol. The van der Waals surface area contributed by atoms with Gasteiger partial charge < -0.3 is 15.7 Å². The van der Waals surface area contributed by atoms with E-state index in [-0.39, 0.29) is 30.7 Å². The fourth-order valence-corrected chi connectivity index (χ4v) is 3.77. The molecule has 2 amide bonds. The summed E-state index contributed by atoms with van der Waals surface area (Å²) in [7, 11) is 0. The van der Waals surface area contributed by atoms with Crippen LogP contribution in [0.4, 0.5) is 4.79 Å². The van der Waals surface area contributed by atoms with Gasteiger partial charge in [-0.25, -0.2) is 4.79 Å². The first-order valence-corrected chi connectivity index (χ1v) is 8.91. The van der Waals surface area contributed by atoms with Crippen LogP contribution in [0.25, 0.3) is 0 Å². The van der Waals surface area contributed by atoms with Crippen LogP contribution < -0.4 is 10.6 Å². The summed E-state index contributed by atoms with van der Waals surface area (Å²) in [5.41, 5.74) is 0. The Bertz CT molecular complexity index is 423. The highest BCUT2D eigenvalue weighted by Crippen LogP contribution is 2.29. The Hall–Kier alpha value is -1.30. The quantitative estimate of drug-likeness (QED) is 0.698. The molecule has 0 bridgehead atoms. The SMILES string of the molecule is CCN(CC(=O)O)C1CC(NC(=O)NC2CCC(C)C(C)C2)C1. The van der Waals surface area contributed by atoms with Crippen molar-refractivity contribution in [2.24, 2.45) is 11.8 Å². The number of aliphatic carboxylic acids is 1. The van der Waals surface area contributed by atoms with Crippen molar-refractivity contribution in [2.75, 3.05) is 13.1 Å². The van der Waals surface area contributed by atoms with Gasteiger partial charge in [-0.2, -0.15) is 0 Å². The fraction of sp³-hybridized carbons (Fsp3) is 0.882. The number of carbonyl (C=O) groups excluding carboxylic acids is 1. The van der Waals surface area contributed by atoms with E-state index >= 15 is 0 Å². The third-order valence-electron chi connectivity index (χ3n) is 5.64. The molecule has 6 heteroatoms. The molecule has 0 radical (unpaired) electrons. The molecule has 6 nitrogen and oxygen atoms in total. The Morgan fingerprint density at radius 1 is 1.04 bits per heavy atom. The highest BCUT2D eigenvalue weighted by atomic mass is 16.4. The zero-order valence-electron chi connectivity index (χ0n) is 14.5. The first-order chi connectivity index (χ1) is 10.9. The normalized spacial score (nSPS) is 33.8. The number of carboxylic acids is 1.